The minimum Gasteiger partial charge on any atom is -0.383 e. The van der Waals surface area contributed by atoms with Gasteiger partial charge in [0.1, 0.15) is 12.2 Å². The Kier molecular flexibility index (Phi) is 8.32. The predicted molar refractivity (Wildman–Crippen MR) is 132 cm³/mol. The molecule has 3 rings (SSSR count). The average molecular weight is 509 g/mol. The molecule has 0 saturated heterocycles. The van der Waals surface area contributed by atoms with Crippen molar-refractivity contribution in [2.45, 2.75) is 50.7 Å². The lowest BCUT2D eigenvalue weighted by molar-refractivity contribution is -0.194. The predicted octanol–water partition coefficient (Wildman–Crippen LogP) is 3.87. The number of nitrogens with zero attached hydrogens (tertiary/aromatic N) is 3. The first-order valence-corrected chi connectivity index (χ1v) is 12.1. The third-order valence-electron chi connectivity index (χ3n) is 6.54. The number of carbonyl (C=O) groups excluding carboxylic acids is 1. The van der Waals surface area contributed by atoms with Gasteiger partial charge in [0.2, 0.25) is 5.91 Å². The molecule has 35 heavy (non-hydrogen) atoms. The third kappa shape index (κ3) is 6.46. The topological polar surface area (TPSA) is 107 Å². The van der Waals surface area contributed by atoms with Gasteiger partial charge in [0, 0.05) is 41.6 Å². The summed E-state index contributed by atoms with van der Waals surface area (Å²) in [5, 5.41) is 10.2. The van der Waals surface area contributed by atoms with Crippen LogP contribution in [0, 0.1) is 17.7 Å². The number of hydrogen-bond donors (Lipinski definition) is 3. The van der Waals surface area contributed by atoms with Gasteiger partial charge in [-0.3, -0.25) is 10.2 Å². The van der Waals surface area contributed by atoms with E-state index in [1.165, 1.54) is 11.3 Å². The molecule has 1 aliphatic carbocycles. The Balaban J connectivity index is 1.65. The highest BCUT2D eigenvalue weighted by Crippen LogP contribution is 2.66. The molecular weight excluding hydrogens is 477 g/mol. The van der Waals surface area contributed by atoms with Crippen LogP contribution in [0.3, 0.4) is 0 Å². The van der Waals surface area contributed by atoms with Crippen molar-refractivity contribution < 1.29 is 18.0 Å². The Morgan fingerprint density at radius 3 is 2.49 bits per heavy atom. The maximum Gasteiger partial charge on any atom is 0.395 e. The Bertz CT molecular complexity index is 1060. The van der Waals surface area contributed by atoms with Crippen LogP contribution in [-0.4, -0.2) is 60.8 Å². The van der Waals surface area contributed by atoms with Gasteiger partial charge in [0.05, 0.1) is 10.4 Å². The first-order chi connectivity index (χ1) is 16.5. The van der Waals surface area contributed by atoms with E-state index in [0.717, 1.165) is 16.8 Å². The summed E-state index contributed by atoms with van der Waals surface area (Å²) in [5.41, 5.74) is 5.65. The van der Waals surface area contributed by atoms with E-state index in [1.54, 1.807) is 13.1 Å². The van der Waals surface area contributed by atoms with Gasteiger partial charge in [0.15, 0.2) is 0 Å². The number of nitrogens with two attached hydrogens (primary N) is 1. The van der Waals surface area contributed by atoms with Crippen LogP contribution in [0.4, 0.5) is 13.2 Å². The van der Waals surface area contributed by atoms with Crippen molar-refractivity contribution in [2.24, 2.45) is 16.1 Å². The van der Waals surface area contributed by atoms with Crippen molar-refractivity contribution in [3.05, 3.63) is 51.5 Å². The van der Waals surface area contributed by atoms with E-state index in [4.69, 9.17) is 11.1 Å². The highest BCUT2D eigenvalue weighted by molar-refractivity contribution is 7.11. The molecule has 1 saturated carbocycles. The Morgan fingerprint density at radius 2 is 2.00 bits per heavy atom. The molecule has 0 aliphatic heterocycles. The fourth-order valence-electron chi connectivity index (χ4n) is 4.17. The molecule has 0 bridgehead atoms. The van der Waals surface area contributed by atoms with Gasteiger partial charge < -0.3 is 16.0 Å². The van der Waals surface area contributed by atoms with Crippen LogP contribution in [0.5, 0.6) is 0 Å². The van der Waals surface area contributed by atoms with Gasteiger partial charge in [-0.15, -0.1) is 11.3 Å². The number of likely N-dealkylation sites (N-methyl/N-ethyl adjacent to an activating group) is 1. The smallest absolute Gasteiger partial charge is 0.383 e. The number of thiazole rings is 1. The molecule has 2 aromatic rings. The fraction of sp³-hybridized carbons (Fsp3) is 0.500. The van der Waals surface area contributed by atoms with E-state index in [2.05, 4.69) is 15.3 Å². The van der Waals surface area contributed by atoms with Crippen molar-refractivity contribution in [2.75, 3.05) is 20.6 Å². The van der Waals surface area contributed by atoms with Crippen molar-refractivity contribution >= 4 is 29.4 Å². The SMILES string of the molecule is Cc1cnc([C@@H](CC(=O)NC[C@H](Cc2ccc(C(N)=NC=N)cc2)N(C)C)C2(C(F)(F)F)CC2)s1. The number of aromatic nitrogens is 1. The Morgan fingerprint density at radius 1 is 1.34 bits per heavy atom. The Hall–Kier alpha value is -2.79. The van der Waals surface area contributed by atoms with E-state index in [9.17, 15) is 18.0 Å². The van der Waals surface area contributed by atoms with Crippen LogP contribution in [-0.2, 0) is 11.2 Å². The van der Waals surface area contributed by atoms with E-state index in [0.29, 0.717) is 23.5 Å². The third-order valence-corrected chi connectivity index (χ3v) is 7.56. The van der Waals surface area contributed by atoms with E-state index < -0.39 is 23.4 Å². The van der Waals surface area contributed by atoms with Gasteiger partial charge >= 0.3 is 6.18 Å². The van der Waals surface area contributed by atoms with Crippen LogP contribution < -0.4 is 11.1 Å². The molecule has 0 radical (unpaired) electrons. The van der Waals surface area contributed by atoms with Gasteiger partial charge in [-0.2, -0.15) is 13.2 Å². The normalized spacial score (nSPS) is 17.2. The first kappa shape index (κ1) is 26.8. The second kappa shape index (κ2) is 10.9. The minimum absolute atomic E-state index is 0.0262. The van der Waals surface area contributed by atoms with Crippen molar-refractivity contribution in [3.8, 4) is 0 Å². The lowest BCUT2D eigenvalue weighted by Gasteiger charge is -2.28. The van der Waals surface area contributed by atoms with E-state index >= 15 is 0 Å². The molecule has 1 fully saturated rings. The lowest BCUT2D eigenvalue weighted by Crippen LogP contribution is -2.42. The monoisotopic (exact) mass is 508 g/mol. The summed E-state index contributed by atoms with van der Waals surface area (Å²) in [6.45, 7) is 2.10. The largest absolute Gasteiger partial charge is 0.395 e. The minimum atomic E-state index is -4.37. The van der Waals surface area contributed by atoms with Crippen LogP contribution in [0.15, 0.2) is 35.5 Å². The van der Waals surface area contributed by atoms with Gasteiger partial charge in [0.25, 0.3) is 0 Å². The summed E-state index contributed by atoms with van der Waals surface area (Å²) in [7, 11) is 3.79. The molecule has 1 amide bonds. The number of alkyl halides is 3. The maximum atomic E-state index is 13.9. The zero-order valence-electron chi connectivity index (χ0n) is 20.0. The number of aryl methyl sites for hydroxylation is 1. The van der Waals surface area contributed by atoms with Crippen LogP contribution in [0.1, 0.15) is 46.2 Å². The molecule has 7 nitrogen and oxygen atoms in total. The number of halogens is 3. The second-order valence-electron chi connectivity index (χ2n) is 9.19. The summed E-state index contributed by atoms with van der Waals surface area (Å²) in [5.74, 6) is -1.13. The molecule has 1 aromatic carbocycles. The zero-order chi connectivity index (χ0) is 25.8. The van der Waals surface area contributed by atoms with Gasteiger partial charge in [-0.05, 0) is 45.8 Å². The fourth-order valence-corrected chi connectivity index (χ4v) is 5.16. The molecule has 1 aromatic heterocycles. The van der Waals surface area contributed by atoms with Crippen molar-refractivity contribution in [1.29, 1.82) is 5.41 Å². The molecule has 11 heteroatoms. The number of amides is 1. The van der Waals surface area contributed by atoms with Crippen molar-refractivity contribution in [1.82, 2.24) is 15.2 Å². The first-order valence-electron chi connectivity index (χ1n) is 11.3. The molecular formula is C24H31F3N6OS. The zero-order valence-corrected chi connectivity index (χ0v) is 20.8. The quantitative estimate of drug-likeness (QED) is 0.316. The van der Waals surface area contributed by atoms with E-state index in [-0.39, 0.29) is 31.1 Å². The highest BCUT2D eigenvalue weighted by Gasteiger charge is 2.68. The maximum absolute atomic E-state index is 13.9. The average Bonchev–Trinajstić information content (AvgIpc) is 3.50. The van der Waals surface area contributed by atoms with Gasteiger partial charge in [-0.1, -0.05) is 24.3 Å². The number of aliphatic imine (C=N–C) groups is 1. The lowest BCUT2D eigenvalue weighted by atomic mass is 9.85. The number of hydrogen-bond acceptors (Lipinski definition) is 5. The highest BCUT2D eigenvalue weighted by atomic mass is 32.1. The van der Waals surface area contributed by atoms with Crippen LogP contribution >= 0.6 is 11.3 Å². The molecule has 190 valence electrons. The molecule has 0 spiro atoms. The number of rotatable bonds is 11. The second-order valence-corrected chi connectivity index (χ2v) is 10.5. The summed E-state index contributed by atoms with van der Waals surface area (Å²) in [4.78, 5) is 23.6. The summed E-state index contributed by atoms with van der Waals surface area (Å²) < 4.78 is 41.7. The molecule has 2 atom stereocenters. The Labute approximate surface area is 207 Å². The molecule has 1 aliphatic rings. The summed E-state index contributed by atoms with van der Waals surface area (Å²) in [6.07, 6.45) is -1.49. The van der Waals surface area contributed by atoms with Crippen LogP contribution in [0.25, 0.3) is 0 Å². The number of nitrogens with one attached hydrogen (secondary N) is 2. The molecule has 0 unspecified atom stereocenters. The summed E-state index contributed by atoms with van der Waals surface area (Å²) in [6, 6.07) is 7.38. The van der Waals surface area contributed by atoms with Crippen molar-refractivity contribution in [3.63, 3.8) is 0 Å². The number of benzene rings is 1. The van der Waals surface area contributed by atoms with Crippen LogP contribution in [0.2, 0.25) is 0 Å². The van der Waals surface area contributed by atoms with E-state index in [1.807, 2.05) is 43.3 Å². The summed E-state index contributed by atoms with van der Waals surface area (Å²) >= 11 is 1.23. The number of carbonyl (C=O) groups is 1. The standard InChI is InChI=1S/C24H31F3N6OS/c1-15-12-31-22(35-15)19(23(8-9-23)24(25,26)27)11-20(34)30-13-18(33(2)3)10-16-4-6-17(7-5-16)21(29)32-14-28/h4-7,12,14,18-19H,8-11,13H2,1-3H3,(H,30,34)(H3,28,29,32)/t18-,19+/m0/s1. The number of amidine groups is 1. The molecule has 4 N–H and O–H groups in total. The van der Waals surface area contributed by atoms with Gasteiger partial charge in [-0.25, -0.2) is 9.98 Å². The molecule has 1 heterocycles.